The lowest BCUT2D eigenvalue weighted by molar-refractivity contribution is -0.121. The maximum absolute atomic E-state index is 12.5. The summed E-state index contributed by atoms with van der Waals surface area (Å²) in [7, 11) is 1.80. The van der Waals surface area contributed by atoms with E-state index in [4.69, 9.17) is 11.6 Å². The second-order valence-corrected chi connectivity index (χ2v) is 5.40. The van der Waals surface area contributed by atoms with E-state index in [1.807, 2.05) is 42.5 Å². The molecule has 1 aliphatic rings. The average Bonchev–Trinajstić information content (AvgIpc) is 2.73. The van der Waals surface area contributed by atoms with Gasteiger partial charge in [-0.25, -0.2) is 0 Å². The standard InChI is InChI=1S/C16H15ClN2O/c1-18-16(10-11-5-3-2-4-6-11)13-9-12(17)7-8-14(13)19-15(16)20/h2-9,18H,10H2,1H3,(H,19,20). The van der Waals surface area contributed by atoms with Gasteiger partial charge in [0.1, 0.15) is 5.54 Å². The first-order chi connectivity index (χ1) is 9.65. The highest BCUT2D eigenvalue weighted by molar-refractivity contribution is 6.31. The first-order valence-electron chi connectivity index (χ1n) is 6.50. The Bertz CT molecular complexity index is 657. The number of hydrogen-bond donors (Lipinski definition) is 2. The van der Waals surface area contributed by atoms with Crippen LogP contribution in [0.5, 0.6) is 0 Å². The lowest BCUT2D eigenvalue weighted by Crippen LogP contribution is -2.48. The zero-order chi connectivity index (χ0) is 14.2. The van der Waals surface area contributed by atoms with Crippen LogP contribution in [0.4, 0.5) is 5.69 Å². The fraction of sp³-hybridized carbons (Fsp3) is 0.188. The molecule has 1 amide bonds. The maximum atomic E-state index is 12.5. The third-order valence-corrected chi connectivity index (χ3v) is 4.05. The minimum Gasteiger partial charge on any atom is -0.324 e. The van der Waals surface area contributed by atoms with Crippen LogP contribution in [-0.4, -0.2) is 13.0 Å². The van der Waals surface area contributed by atoms with Gasteiger partial charge in [-0.15, -0.1) is 0 Å². The summed E-state index contributed by atoms with van der Waals surface area (Å²) < 4.78 is 0. The van der Waals surface area contributed by atoms with E-state index >= 15 is 0 Å². The van der Waals surface area contributed by atoms with Crippen LogP contribution in [0.15, 0.2) is 48.5 Å². The van der Waals surface area contributed by atoms with Gasteiger partial charge in [-0.05, 0) is 30.8 Å². The van der Waals surface area contributed by atoms with Crippen molar-refractivity contribution in [2.75, 3.05) is 12.4 Å². The topological polar surface area (TPSA) is 41.1 Å². The first-order valence-corrected chi connectivity index (χ1v) is 6.88. The van der Waals surface area contributed by atoms with Gasteiger partial charge < -0.3 is 10.6 Å². The van der Waals surface area contributed by atoms with E-state index in [0.29, 0.717) is 11.4 Å². The summed E-state index contributed by atoms with van der Waals surface area (Å²) in [5.74, 6) is -0.0406. The molecule has 1 heterocycles. The van der Waals surface area contributed by atoms with Crippen molar-refractivity contribution in [3.05, 3.63) is 64.7 Å². The summed E-state index contributed by atoms with van der Waals surface area (Å²) in [6.07, 6.45) is 0.587. The SMILES string of the molecule is CNC1(Cc2ccccc2)C(=O)Nc2ccc(Cl)cc21. The predicted octanol–water partition coefficient (Wildman–Crippen LogP) is 2.95. The number of nitrogens with one attached hydrogen (secondary N) is 2. The Balaban J connectivity index is 2.09. The number of carbonyl (C=O) groups excluding carboxylic acids is 1. The molecule has 2 N–H and O–H groups in total. The largest absolute Gasteiger partial charge is 0.324 e. The van der Waals surface area contributed by atoms with Crippen LogP contribution in [0.25, 0.3) is 0 Å². The Hall–Kier alpha value is -1.84. The van der Waals surface area contributed by atoms with E-state index in [9.17, 15) is 4.79 Å². The second kappa shape index (κ2) is 4.93. The van der Waals surface area contributed by atoms with Crippen molar-refractivity contribution in [1.29, 1.82) is 0 Å². The second-order valence-electron chi connectivity index (χ2n) is 4.96. The third kappa shape index (κ3) is 1.99. The normalized spacial score (nSPS) is 20.6. The Morgan fingerprint density at radius 2 is 1.95 bits per heavy atom. The summed E-state index contributed by atoms with van der Waals surface area (Å²) in [5.41, 5.74) is 2.07. The van der Waals surface area contributed by atoms with E-state index in [2.05, 4.69) is 10.6 Å². The summed E-state index contributed by atoms with van der Waals surface area (Å²) in [6, 6.07) is 15.5. The molecule has 2 aromatic rings. The molecular weight excluding hydrogens is 272 g/mol. The molecule has 0 saturated heterocycles. The molecule has 0 fully saturated rings. The molecular formula is C16H15ClN2O. The molecule has 0 aliphatic carbocycles. The van der Waals surface area contributed by atoms with Crippen LogP contribution in [0.1, 0.15) is 11.1 Å². The molecule has 0 aromatic heterocycles. The summed E-state index contributed by atoms with van der Waals surface area (Å²) >= 11 is 6.09. The molecule has 3 rings (SSSR count). The van der Waals surface area contributed by atoms with Gasteiger partial charge >= 0.3 is 0 Å². The van der Waals surface area contributed by atoms with Crippen molar-refractivity contribution in [2.45, 2.75) is 12.0 Å². The number of hydrogen-bond acceptors (Lipinski definition) is 2. The van der Waals surface area contributed by atoms with E-state index < -0.39 is 5.54 Å². The molecule has 0 saturated carbocycles. The number of halogens is 1. The van der Waals surface area contributed by atoms with E-state index in [-0.39, 0.29) is 5.91 Å². The maximum Gasteiger partial charge on any atom is 0.249 e. The number of rotatable bonds is 3. The monoisotopic (exact) mass is 286 g/mol. The first kappa shape index (κ1) is 13.2. The number of carbonyl (C=O) groups is 1. The summed E-state index contributed by atoms with van der Waals surface area (Å²) in [4.78, 5) is 12.5. The van der Waals surface area contributed by atoms with Gasteiger partial charge in [0.15, 0.2) is 0 Å². The minimum atomic E-state index is -0.762. The van der Waals surface area contributed by atoms with Crippen molar-refractivity contribution in [3.8, 4) is 0 Å². The fourth-order valence-corrected chi connectivity index (χ4v) is 2.92. The lowest BCUT2D eigenvalue weighted by Gasteiger charge is -2.27. The van der Waals surface area contributed by atoms with E-state index in [0.717, 1.165) is 16.8 Å². The molecule has 1 atom stereocenters. The quantitative estimate of drug-likeness (QED) is 0.911. The summed E-state index contributed by atoms with van der Waals surface area (Å²) in [5, 5.41) is 6.75. The molecule has 0 spiro atoms. The number of fused-ring (bicyclic) bond motifs is 1. The van der Waals surface area contributed by atoms with Crippen molar-refractivity contribution in [3.63, 3.8) is 0 Å². The molecule has 0 radical (unpaired) electrons. The van der Waals surface area contributed by atoms with Gasteiger partial charge in [0.2, 0.25) is 5.91 Å². The molecule has 1 unspecified atom stereocenters. The van der Waals surface area contributed by atoms with E-state index in [1.165, 1.54) is 0 Å². The molecule has 0 bridgehead atoms. The van der Waals surface area contributed by atoms with Crippen LogP contribution in [0.2, 0.25) is 5.02 Å². The summed E-state index contributed by atoms with van der Waals surface area (Å²) in [6.45, 7) is 0. The minimum absolute atomic E-state index is 0.0406. The number of anilines is 1. The van der Waals surface area contributed by atoms with Crippen LogP contribution in [-0.2, 0) is 16.8 Å². The van der Waals surface area contributed by atoms with Gasteiger partial charge in [0.25, 0.3) is 0 Å². The number of likely N-dealkylation sites (N-methyl/N-ethyl adjacent to an activating group) is 1. The smallest absolute Gasteiger partial charge is 0.249 e. The Kier molecular flexibility index (Phi) is 3.24. The van der Waals surface area contributed by atoms with Gasteiger partial charge in [-0.1, -0.05) is 41.9 Å². The van der Waals surface area contributed by atoms with Crippen molar-refractivity contribution in [2.24, 2.45) is 0 Å². The molecule has 3 nitrogen and oxygen atoms in total. The van der Waals surface area contributed by atoms with Crippen molar-refractivity contribution in [1.82, 2.24) is 5.32 Å². The molecule has 1 aliphatic heterocycles. The van der Waals surface area contributed by atoms with Crippen LogP contribution < -0.4 is 10.6 Å². The molecule has 20 heavy (non-hydrogen) atoms. The van der Waals surface area contributed by atoms with Crippen LogP contribution in [0.3, 0.4) is 0 Å². The highest BCUT2D eigenvalue weighted by Crippen LogP contribution is 2.39. The Labute approximate surface area is 123 Å². The van der Waals surface area contributed by atoms with Crippen LogP contribution >= 0.6 is 11.6 Å². The molecule has 2 aromatic carbocycles. The van der Waals surface area contributed by atoms with Crippen molar-refractivity contribution >= 4 is 23.2 Å². The average molecular weight is 287 g/mol. The number of amides is 1. The van der Waals surface area contributed by atoms with Crippen LogP contribution in [0, 0.1) is 0 Å². The third-order valence-electron chi connectivity index (χ3n) is 3.82. The van der Waals surface area contributed by atoms with E-state index in [1.54, 1.807) is 13.1 Å². The molecule has 4 heteroatoms. The predicted molar refractivity (Wildman–Crippen MR) is 81.0 cm³/mol. The van der Waals surface area contributed by atoms with Gasteiger partial charge in [0, 0.05) is 22.7 Å². The van der Waals surface area contributed by atoms with Crippen molar-refractivity contribution < 1.29 is 4.79 Å². The highest BCUT2D eigenvalue weighted by atomic mass is 35.5. The number of benzene rings is 2. The molecule has 102 valence electrons. The highest BCUT2D eigenvalue weighted by Gasteiger charge is 2.45. The lowest BCUT2D eigenvalue weighted by atomic mass is 9.85. The van der Waals surface area contributed by atoms with Gasteiger partial charge in [-0.2, -0.15) is 0 Å². The van der Waals surface area contributed by atoms with Gasteiger partial charge in [0.05, 0.1) is 0 Å². The zero-order valence-corrected chi connectivity index (χ0v) is 11.9. The Morgan fingerprint density at radius 1 is 1.20 bits per heavy atom. The zero-order valence-electron chi connectivity index (χ0n) is 11.1. The van der Waals surface area contributed by atoms with Gasteiger partial charge in [-0.3, -0.25) is 4.79 Å². The Morgan fingerprint density at radius 3 is 2.65 bits per heavy atom. The fourth-order valence-electron chi connectivity index (χ4n) is 2.74.